The Morgan fingerprint density at radius 2 is 1.81 bits per heavy atom. The number of hydrogen-bond acceptors (Lipinski definition) is 4. The number of likely N-dealkylation sites (tertiary alicyclic amines) is 1. The largest absolute Gasteiger partial charge is 0.311 e. The Bertz CT molecular complexity index is 319. The maximum Gasteiger partial charge on any atom is 0.311 e. The van der Waals surface area contributed by atoms with E-state index >= 15 is 0 Å². The molecule has 0 aromatic rings. The lowest BCUT2D eigenvalue weighted by atomic mass is 9.91. The first-order valence-electron chi connectivity index (χ1n) is 5.64. The summed E-state index contributed by atoms with van der Waals surface area (Å²) in [7, 11) is -3.41. The predicted octanol–water partition coefficient (Wildman–Crippen LogP) is 1.30. The van der Waals surface area contributed by atoms with Gasteiger partial charge in [0.15, 0.2) is 0 Å². The molecule has 0 aromatic carbocycles. The van der Waals surface area contributed by atoms with Crippen LogP contribution < -0.4 is 0 Å². The van der Waals surface area contributed by atoms with E-state index in [0.29, 0.717) is 24.1 Å². The van der Waals surface area contributed by atoms with Crippen molar-refractivity contribution in [2.24, 2.45) is 11.8 Å². The second-order valence-electron chi connectivity index (χ2n) is 5.10. The fourth-order valence-electron chi connectivity index (χ4n) is 2.80. The molecular formula is C10H22NO3S2+. The number of thiol groups is 1. The van der Waals surface area contributed by atoms with E-state index in [1.165, 1.54) is 0 Å². The molecule has 1 rings (SSSR count). The van der Waals surface area contributed by atoms with Crippen LogP contribution in [-0.2, 0) is 14.4 Å². The first kappa shape index (κ1) is 14.3. The van der Waals surface area contributed by atoms with Gasteiger partial charge in [-0.25, -0.2) is 0 Å². The summed E-state index contributed by atoms with van der Waals surface area (Å²) in [4.78, 5) is 0. The number of nitrogens with zero attached hydrogens (tertiary/aromatic N) is 1. The zero-order valence-electron chi connectivity index (χ0n) is 10.2. The van der Waals surface area contributed by atoms with E-state index in [2.05, 4.69) is 26.5 Å². The SMILES string of the molecule is CC1CC(C)C[N+](CCS)(OS(C)(=O)=O)C1. The lowest BCUT2D eigenvalue weighted by molar-refractivity contribution is -1.09. The first-order chi connectivity index (χ1) is 7.26. The highest BCUT2D eigenvalue weighted by molar-refractivity contribution is 7.85. The molecule has 0 saturated carbocycles. The van der Waals surface area contributed by atoms with E-state index in [1.807, 2.05) is 0 Å². The molecule has 1 aliphatic rings. The van der Waals surface area contributed by atoms with Crippen LogP contribution in [-0.4, -0.2) is 44.7 Å². The standard InChI is InChI=1S/C10H21NO3S2/c1-9-6-10(2)8-11(7-9,4-5-15)14-16(3,12)13/h9-10H,4-8H2,1-3H3/p+1. The highest BCUT2D eigenvalue weighted by atomic mass is 32.2. The first-order valence-corrected chi connectivity index (χ1v) is 8.09. The third kappa shape index (κ3) is 4.24. The van der Waals surface area contributed by atoms with Crippen molar-refractivity contribution >= 4 is 22.7 Å². The Hall–Kier alpha value is 0.220. The van der Waals surface area contributed by atoms with Gasteiger partial charge in [0, 0.05) is 17.6 Å². The molecular weight excluding hydrogens is 246 g/mol. The van der Waals surface area contributed by atoms with Crippen molar-refractivity contribution in [2.75, 3.05) is 31.6 Å². The van der Waals surface area contributed by atoms with Crippen LogP contribution in [0.4, 0.5) is 0 Å². The van der Waals surface area contributed by atoms with Crippen LogP contribution in [0.25, 0.3) is 0 Å². The van der Waals surface area contributed by atoms with Gasteiger partial charge in [-0.15, -0.1) is 0 Å². The van der Waals surface area contributed by atoms with Crippen molar-refractivity contribution in [3.63, 3.8) is 0 Å². The Labute approximate surface area is 104 Å². The summed E-state index contributed by atoms with van der Waals surface area (Å²) in [6, 6.07) is 0. The molecule has 0 spiro atoms. The lowest BCUT2D eigenvalue weighted by Crippen LogP contribution is -2.57. The number of hydroxylamine groups is 3. The zero-order chi connectivity index (χ0) is 12.4. The molecule has 1 fully saturated rings. The van der Waals surface area contributed by atoms with Crippen molar-refractivity contribution in [3.8, 4) is 0 Å². The van der Waals surface area contributed by atoms with Crippen molar-refractivity contribution in [2.45, 2.75) is 20.3 Å². The van der Waals surface area contributed by atoms with Gasteiger partial charge in [-0.1, -0.05) is 18.1 Å². The van der Waals surface area contributed by atoms with E-state index in [9.17, 15) is 8.42 Å². The Morgan fingerprint density at radius 3 is 2.19 bits per heavy atom. The van der Waals surface area contributed by atoms with Gasteiger partial charge >= 0.3 is 10.1 Å². The topological polar surface area (TPSA) is 43.4 Å². The third-order valence-electron chi connectivity index (χ3n) is 2.89. The molecule has 0 aromatic heterocycles. The van der Waals surface area contributed by atoms with Crippen LogP contribution in [0.1, 0.15) is 20.3 Å². The minimum atomic E-state index is -3.41. The van der Waals surface area contributed by atoms with Crippen LogP contribution in [0.2, 0.25) is 0 Å². The highest BCUT2D eigenvalue weighted by Gasteiger charge is 2.41. The van der Waals surface area contributed by atoms with Gasteiger partial charge in [0.1, 0.15) is 19.6 Å². The van der Waals surface area contributed by atoms with Crippen molar-refractivity contribution < 1.29 is 17.3 Å². The molecule has 0 N–H and O–H groups in total. The Balaban J connectivity index is 2.86. The van der Waals surface area contributed by atoms with Gasteiger partial charge < -0.3 is 0 Å². The molecule has 0 bridgehead atoms. The van der Waals surface area contributed by atoms with E-state index in [1.54, 1.807) is 0 Å². The summed E-state index contributed by atoms with van der Waals surface area (Å²) in [6.07, 6.45) is 2.26. The number of hydrogen-bond donors (Lipinski definition) is 1. The minimum absolute atomic E-state index is 0.213. The van der Waals surface area contributed by atoms with Gasteiger partial charge in [-0.3, -0.25) is 0 Å². The molecule has 0 aliphatic carbocycles. The van der Waals surface area contributed by atoms with Crippen LogP contribution >= 0.6 is 12.6 Å². The summed E-state index contributed by atoms with van der Waals surface area (Å²) in [5.41, 5.74) is 0. The minimum Gasteiger partial charge on any atom is -0.195 e. The van der Waals surface area contributed by atoms with E-state index in [0.717, 1.165) is 25.8 Å². The van der Waals surface area contributed by atoms with Gasteiger partial charge in [-0.2, -0.15) is 25.7 Å². The molecule has 2 unspecified atom stereocenters. The van der Waals surface area contributed by atoms with Crippen LogP contribution in [0.5, 0.6) is 0 Å². The monoisotopic (exact) mass is 268 g/mol. The molecule has 4 nitrogen and oxygen atoms in total. The van der Waals surface area contributed by atoms with Crippen molar-refractivity contribution in [3.05, 3.63) is 0 Å². The average Bonchev–Trinajstić information content (AvgIpc) is 1.96. The normalized spacial score (nSPS) is 36.2. The molecule has 2 atom stereocenters. The molecule has 1 heterocycles. The maximum atomic E-state index is 11.3. The lowest BCUT2D eigenvalue weighted by Gasteiger charge is -2.41. The van der Waals surface area contributed by atoms with E-state index in [-0.39, 0.29) is 4.65 Å². The number of quaternary nitrogens is 1. The molecule has 96 valence electrons. The molecule has 1 aliphatic heterocycles. The van der Waals surface area contributed by atoms with Gasteiger partial charge in [0.25, 0.3) is 0 Å². The van der Waals surface area contributed by atoms with Gasteiger partial charge in [0.2, 0.25) is 0 Å². The Kier molecular flexibility index (Phi) is 4.68. The summed E-state index contributed by atoms with van der Waals surface area (Å²) < 4.78 is 28.2. The second-order valence-corrected chi connectivity index (χ2v) is 7.10. The summed E-state index contributed by atoms with van der Waals surface area (Å²) >= 11 is 4.20. The predicted molar refractivity (Wildman–Crippen MR) is 67.6 cm³/mol. The average molecular weight is 268 g/mol. The number of rotatable bonds is 4. The van der Waals surface area contributed by atoms with E-state index in [4.69, 9.17) is 4.28 Å². The fraction of sp³-hybridized carbons (Fsp3) is 1.00. The number of piperidine rings is 1. The van der Waals surface area contributed by atoms with Gasteiger partial charge in [-0.05, 0) is 6.42 Å². The smallest absolute Gasteiger partial charge is 0.195 e. The van der Waals surface area contributed by atoms with Crippen LogP contribution in [0, 0.1) is 11.8 Å². The molecule has 0 amide bonds. The van der Waals surface area contributed by atoms with E-state index < -0.39 is 10.1 Å². The zero-order valence-corrected chi connectivity index (χ0v) is 11.9. The van der Waals surface area contributed by atoms with Gasteiger partial charge in [0.05, 0.1) is 6.26 Å². The Morgan fingerprint density at radius 1 is 1.31 bits per heavy atom. The summed E-state index contributed by atoms with van der Waals surface area (Å²) in [5, 5.41) is 0. The quantitative estimate of drug-likeness (QED) is 0.617. The summed E-state index contributed by atoms with van der Waals surface area (Å²) in [6.45, 7) is 6.46. The fourth-order valence-corrected chi connectivity index (χ4v) is 3.93. The van der Waals surface area contributed by atoms with Crippen molar-refractivity contribution in [1.29, 1.82) is 0 Å². The molecule has 6 heteroatoms. The van der Waals surface area contributed by atoms with Crippen molar-refractivity contribution in [1.82, 2.24) is 0 Å². The highest BCUT2D eigenvalue weighted by Crippen LogP contribution is 2.29. The maximum absolute atomic E-state index is 11.3. The summed E-state index contributed by atoms with van der Waals surface area (Å²) in [5.74, 6) is 1.62. The van der Waals surface area contributed by atoms with Crippen LogP contribution in [0.15, 0.2) is 0 Å². The second kappa shape index (κ2) is 5.25. The third-order valence-corrected chi connectivity index (χ3v) is 3.68. The molecule has 1 saturated heterocycles. The molecule has 16 heavy (non-hydrogen) atoms. The van der Waals surface area contributed by atoms with Crippen LogP contribution in [0.3, 0.4) is 0 Å². The molecule has 0 radical (unpaired) electrons.